The molecule has 0 radical (unpaired) electrons. The highest BCUT2D eigenvalue weighted by Crippen LogP contribution is 2.37. The second-order valence-electron chi connectivity index (χ2n) is 10.3. The van der Waals surface area contributed by atoms with Gasteiger partial charge in [0, 0.05) is 35.0 Å². The lowest BCUT2D eigenvalue weighted by molar-refractivity contribution is -0.134. The summed E-state index contributed by atoms with van der Waals surface area (Å²) in [4.78, 5) is 26.2. The molecule has 0 saturated heterocycles. The summed E-state index contributed by atoms with van der Waals surface area (Å²) in [5.41, 5.74) is 2.27. The number of aliphatic imine (C=N–C) groups is 2. The molecular weight excluding hydrogens is 531 g/mol. The highest BCUT2D eigenvalue weighted by molar-refractivity contribution is 6.32. The molecule has 1 aromatic heterocycles. The van der Waals surface area contributed by atoms with E-state index < -0.39 is 12.1 Å². The monoisotopic (exact) mass is 570 g/mol. The minimum atomic E-state index is -0.916. The van der Waals surface area contributed by atoms with Crippen LogP contribution in [0.3, 0.4) is 0 Å². The van der Waals surface area contributed by atoms with Gasteiger partial charge < -0.3 is 14.8 Å². The van der Waals surface area contributed by atoms with Crippen molar-refractivity contribution in [3.63, 3.8) is 0 Å². The summed E-state index contributed by atoms with van der Waals surface area (Å²) in [5, 5.41) is 3.36. The molecule has 1 fully saturated rings. The van der Waals surface area contributed by atoms with E-state index in [1.165, 1.54) is 7.11 Å². The van der Waals surface area contributed by atoms with E-state index >= 15 is 0 Å². The third-order valence-corrected chi connectivity index (χ3v) is 7.52. The van der Waals surface area contributed by atoms with Crippen LogP contribution in [0.4, 0.5) is 4.39 Å². The topological polar surface area (TPSA) is 85.2 Å². The number of halogens is 2. The maximum absolute atomic E-state index is 13.8. The summed E-state index contributed by atoms with van der Waals surface area (Å²) in [6.07, 6.45) is 7.76. The molecule has 9 heteroatoms. The van der Waals surface area contributed by atoms with Crippen molar-refractivity contribution in [2.75, 3.05) is 13.8 Å². The van der Waals surface area contributed by atoms with E-state index in [9.17, 15) is 9.18 Å². The molecule has 1 N–H and O–H groups in total. The van der Waals surface area contributed by atoms with Crippen LogP contribution in [0.25, 0.3) is 5.70 Å². The standard InChI is InChI=1S/C31H40ClFN4O3/c1-6-10-21(2)40-28-14-12-25(19-34-28)22(3)36-30(39-5)37-23(4)26-17-24(11-13-27(26)32)18-35-29(38)31(20-33)15-8-7-9-16-31/h11-14,17,19,21H,4,6-10,15-16,18,20H2,1-3,5H3,(H,35,38)/b36-22+,37-30+. The molecule has 0 spiro atoms. The van der Waals surface area contributed by atoms with Crippen molar-refractivity contribution in [1.29, 1.82) is 0 Å². The van der Waals surface area contributed by atoms with Gasteiger partial charge in [0.1, 0.15) is 6.67 Å². The Balaban J connectivity index is 1.70. The summed E-state index contributed by atoms with van der Waals surface area (Å²) in [7, 11) is 1.48. The van der Waals surface area contributed by atoms with Crippen LogP contribution >= 0.6 is 11.6 Å². The highest BCUT2D eigenvalue weighted by Gasteiger charge is 2.39. The number of methoxy groups -OCH3 is 1. The van der Waals surface area contributed by atoms with Gasteiger partial charge in [-0.3, -0.25) is 4.79 Å². The number of alkyl halides is 1. The molecule has 2 aromatic rings. The lowest BCUT2D eigenvalue weighted by Gasteiger charge is -2.33. The Bertz CT molecular complexity index is 1220. The van der Waals surface area contributed by atoms with E-state index in [0.29, 0.717) is 40.7 Å². The average molecular weight is 571 g/mol. The largest absolute Gasteiger partial charge is 0.475 e. The fourth-order valence-electron chi connectivity index (χ4n) is 4.76. The van der Waals surface area contributed by atoms with Gasteiger partial charge in [0.2, 0.25) is 11.8 Å². The first-order chi connectivity index (χ1) is 19.2. The van der Waals surface area contributed by atoms with E-state index in [-0.39, 0.29) is 24.6 Å². The molecule has 7 nitrogen and oxygen atoms in total. The molecule has 216 valence electrons. The highest BCUT2D eigenvalue weighted by atomic mass is 35.5. The van der Waals surface area contributed by atoms with Crippen LogP contribution in [0, 0.1) is 5.41 Å². The second kappa shape index (κ2) is 14.9. The molecule has 1 heterocycles. The molecule has 1 amide bonds. The molecule has 0 aliphatic heterocycles. The molecule has 1 aliphatic rings. The number of hydrogen-bond donors (Lipinski definition) is 1. The summed E-state index contributed by atoms with van der Waals surface area (Å²) in [6.45, 7) is 9.65. The van der Waals surface area contributed by atoms with Gasteiger partial charge in [-0.25, -0.2) is 9.37 Å². The zero-order valence-electron chi connectivity index (χ0n) is 23.9. The number of rotatable bonds is 11. The van der Waals surface area contributed by atoms with Crippen LogP contribution in [0.5, 0.6) is 5.88 Å². The third-order valence-electron chi connectivity index (χ3n) is 7.19. The SMILES string of the molecule is C=C(/N=C(\N=C(/C)c1ccc(OC(C)CCC)nc1)OC)c1cc(CNC(=O)C2(CF)CCCCC2)ccc1Cl. The second-order valence-corrected chi connectivity index (χ2v) is 10.7. The van der Waals surface area contributed by atoms with E-state index in [4.69, 9.17) is 21.1 Å². The molecule has 1 aromatic carbocycles. The van der Waals surface area contributed by atoms with Crippen molar-refractivity contribution in [3.05, 3.63) is 64.8 Å². The number of pyridine rings is 1. The van der Waals surface area contributed by atoms with Gasteiger partial charge in [0.25, 0.3) is 0 Å². The van der Waals surface area contributed by atoms with Crippen molar-refractivity contribution in [2.45, 2.75) is 78.4 Å². The fourth-order valence-corrected chi connectivity index (χ4v) is 4.99. The molecule has 1 unspecified atom stereocenters. The molecule has 1 atom stereocenters. The Kier molecular flexibility index (Phi) is 11.7. The summed E-state index contributed by atoms with van der Waals surface area (Å²) < 4.78 is 25.1. The first-order valence-electron chi connectivity index (χ1n) is 13.8. The molecule has 0 bridgehead atoms. The Hall–Kier alpha value is -3.26. The number of nitrogens with zero attached hydrogens (tertiary/aromatic N) is 3. The predicted molar refractivity (Wildman–Crippen MR) is 160 cm³/mol. The number of benzene rings is 1. The van der Waals surface area contributed by atoms with Gasteiger partial charge in [0.05, 0.1) is 30.0 Å². The number of carbonyl (C=O) groups is 1. The van der Waals surface area contributed by atoms with Gasteiger partial charge in [-0.05, 0) is 56.9 Å². The Morgan fingerprint density at radius 3 is 2.60 bits per heavy atom. The van der Waals surface area contributed by atoms with Gasteiger partial charge in [0.15, 0.2) is 0 Å². The lowest BCUT2D eigenvalue weighted by Crippen LogP contribution is -2.43. The Labute approximate surface area is 242 Å². The lowest BCUT2D eigenvalue weighted by atomic mass is 9.74. The van der Waals surface area contributed by atoms with Gasteiger partial charge in [-0.1, -0.05) is 56.9 Å². The number of carbonyl (C=O) groups excluding carboxylic acids is 1. The van der Waals surface area contributed by atoms with Crippen LogP contribution < -0.4 is 10.1 Å². The van der Waals surface area contributed by atoms with Crippen molar-refractivity contribution in [2.24, 2.45) is 15.4 Å². The zero-order chi connectivity index (χ0) is 29.1. The van der Waals surface area contributed by atoms with Crippen molar-refractivity contribution in [3.8, 4) is 5.88 Å². The molecule has 3 rings (SSSR count). The Morgan fingerprint density at radius 1 is 1.23 bits per heavy atom. The quantitative estimate of drug-likeness (QED) is 0.226. The van der Waals surface area contributed by atoms with E-state index in [2.05, 4.69) is 33.8 Å². The van der Waals surface area contributed by atoms with Crippen molar-refractivity contribution >= 4 is 34.9 Å². The number of hydrogen-bond acceptors (Lipinski definition) is 5. The van der Waals surface area contributed by atoms with Crippen LogP contribution in [-0.2, 0) is 16.1 Å². The third kappa shape index (κ3) is 8.37. The van der Waals surface area contributed by atoms with Gasteiger partial charge >= 0.3 is 6.02 Å². The maximum Gasteiger partial charge on any atom is 0.316 e. The van der Waals surface area contributed by atoms with Crippen molar-refractivity contribution in [1.82, 2.24) is 10.3 Å². The molecular formula is C31H40ClFN4O3. The summed E-state index contributed by atoms with van der Waals surface area (Å²) in [5.74, 6) is 0.329. The number of aromatic nitrogens is 1. The van der Waals surface area contributed by atoms with Crippen LogP contribution in [0.15, 0.2) is 53.1 Å². The first-order valence-corrected chi connectivity index (χ1v) is 14.2. The predicted octanol–water partition coefficient (Wildman–Crippen LogP) is 7.32. The molecule has 40 heavy (non-hydrogen) atoms. The van der Waals surface area contributed by atoms with E-state index in [1.54, 1.807) is 12.3 Å². The first kappa shape index (κ1) is 31.3. The zero-order valence-corrected chi connectivity index (χ0v) is 24.7. The fraction of sp³-hybridized carbons (Fsp3) is 0.484. The number of ether oxygens (including phenoxy) is 2. The van der Waals surface area contributed by atoms with Gasteiger partial charge in [-0.15, -0.1) is 0 Å². The van der Waals surface area contributed by atoms with E-state index in [1.807, 2.05) is 38.1 Å². The number of amides is 1. The Morgan fingerprint density at radius 2 is 1.98 bits per heavy atom. The smallest absolute Gasteiger partial charge is 0.316 e. The van der Waals surface area contributed by atoms with Crippen LogP contribution in [0.2, 0.25) is 5.02 Å². The summed E-state index contributed by atoms with van der Waals surface area (Å²) in [6, 6.07) is 9.16. The number of nitrogens with one attached hydrogen (secondary N) is 1. The van der Waals surface area contributed by atoms with Crippen molar-refractivity contribution < 1.29 is 18.7 Å². The minimum Gasteiger partial charge on any atom is -0.475 e. The van der Waals surface area contributed by atoms with Gasteiger partial charge in [-0.2, -0.15) is 9.98 Å². The normalized spacial score (nSPS) is 16.2. The van der Waals surface area contributed by atoms with E-state index in [0.717, 1.165) is 43.2 Å². The molecule has 1 saturated carbocycles. The minimum absolute atomic E-state index is 0.0987. The maximum atomic E-state index is 13.8. The summed E-state index contributed by atoms with van der Waals surface area (Å²) >= 11 is 6.46. The average Bonchev–Trinajstić information content (AvgIpc) is 2.96. The molecule has 1 aliphatic carbocycles. The number of amidine groups is 1. The van der Waals surface area contributed by atoms with Crippen LogP contribution in [0.1, 0.15) is 82.4 Å². The van der Waals surface area contributed by atoms with Crippen LogP contribution in [-0.4, -0.2) is 42.5 Å².